The fourth-order valence-electron chi connectivity index (χ4n) is 4.24. The summed E-state index contributed by atoms with van der Waals surface area (Å²) < 4.78 is 9.92. The summed E-state index contributed by atoms with van der Waals surface area (Å²) in [6, 6.07) is 13.3. The molecule has 3 aromatic rings. The van der Waals surface area contributed by atoms with Crippen LogP contribution in [0.1, 0.15) is 12.8 Å². The number of hydrogen-bond acceptors (Lipinski definition) is 8. The third kappa shape index (κ3) is 4.63. The van der Waals surface area contributed by atoms with E-state index in [2.05, 4.69) is 20.0 Å². The van der Waals surface area contributed by atoms with Gasteiger partial charge in [0.05, 0.1) is 6.61 Å². The number of anilines is 3. The van der Waals surface area contributed by atoms with Crippen molar-refractivity contribution in [3.05, 3.63) is 59.1 Å². The van der Waals surface area contributed by atoms with Gasteiger partial charge in [0.25, 0.3) is 11.8 Å². The molecule has 12 nitrogen and oxygen atoms in total. The second kappa shape index (κ2) is 9.76. The number of ether oxygens (including phenoxy) is 1. The predicted molar refractivity (Wildman–Crippen MR) is 127 cm³/mol. The Hall–Kier alpha value is -4.29. The molecule has 0 aliphatic carbocycles. The summed E-state index contributed by atoms with van der Waals surface area (Å²) in [6.07, 6.45) is -1.78. The van der Waals surface area contributed by atoms with E-state index in [1.807, 2.05) is 0 Å². The number of hydrogen-bond donors (Lipinski definition) is 3. The van der Waals surface area contributed by atoms with E-state index in [4.69, 9.17) is 4.74 Å². The van der Waals surface area contributed by atoms with Crippen LogP contribution in [0.4, 0.5) is 17.1 Å². The molecule has 3 amide bonds. The first kappa shape index (κ1) is 23.5. The highest BCUT2D eigenvalue weighted by Gasteiger charge is 2.39. The highest BCUT2D eigenvalue weighted by Crippen LogP contribution is 2.27. The van der Waals surface area contributed by atoms with Crippen LogP contribution in [0, 0.1) is 0 Å². The van der Waals surface area contributed by atoms with Gasteiger partial charge in [-0.1, -0.05) is 5.16 Å². The Morgan fingerprint density at radius 1 is 1.03 bits per heavy atom. The summed E-state index contributed by atoms with van der Waals surface area (Å²) in [6.45, 7) is 1.06. The molecule has 3 N–H and O–H groups in total. The monoisotopic (exact) mass is 493 g/mol. The van der Waals surface area contributed by atoms with Gasteiger partial charge in [-0.25, -0.2) is 4.79 Å². The van der Waals surface area contributed by atoms with Gasteiger partial charge in [-0.2, -0.15) is 0 Å². The third-order valence-electron chi connectivity index (χ3n) is 6.09. The Balaban J connectivity index is 1.23. The molecule has 0 bridgehead atoms. The first-order valence-electron chi connectivity index (χ1n) is 11.4. The Bertz CT molecular complexity index is 1330. The minimum atomic E-state index is -1.74. The van der Waals surface area contributed by atoms with Gasteiger partial charge < -0.3 is 25.0 Å². The van der Waals surface area contributed by atoms with E-state index < -0.39 is 29.8 Å². The molecule has 0 saturated carbocycles. The number of H-pyrrole nitrogens is 1. The van der Waals surface area contributed by atoms with Gasteiger partial charge in [-0.15, -0.1) is 0 Å². The lowest BCUT2D eigenvalue weighted by molar-refractivity contribution is -0.150. The van der Waals surface area contributed by atoms with E-state index in [1.165, 1.54) is 4.90 Å². The zero-order chi connectivity index (χ0) is 25.2. The van der Waals surface area contributed by atoms with Crippen LogP contribution in [0.5, 0.6) is 0 Å². The molecule has 0 spiro atoms. The van der Waals surface area contributed by atoms with Crippen molar-refractivity contribution < 1.29 is 28.8 Å². The van der Waals surface area contributed by atoms with Crippen molar-refractivity contribution in [2.24, 2.45) is 0 Å². The number of rotatable bonds is 6. The van der Waals surface area contributed by atoms with Crippen LogP contribution in [0.2, 0.25) is 0 Å². The first-order chi connectivity index (χ1) is 17.4. The van der Waals surface area contributed by atoms with Gasteiger partial charge in [0.15, 0.2) is 18.0 Å². The molecule has 5 rings (SSSR count). The second-order valence-electron chi connectivity index (χ2n) is 8.40. The number of morpholine rings is 1. The molecule has 1 aromatic heterocycles. The highest BCUT2D eigenvalue weighted by molar-refractivity contribution is 6.04. The molecule has 36 heavy (non-hydrogen) atoms. The van der Waals surface area contributed by atoms with Gasteiger partial charge in [0.1, 0.15) is 0 Å². The minimum Gasteiger partial charge on any atom is -0.380 e. The normalized spacial score (nSPS) is 19.0. The number of aliphatic hydroxyl groups is 1. The molecule has 0 unspecified atom stereocenters. The van der Waals surface area contributed by atoms with Crippen LogP contribution in [0.15, 0.2) is 57.8 Å². The Morgan fingerprint density at radius 2 is 1.72 bits per heavy atom. The molecule has 3 heterocycles. The summed E-state index contributed by atoms with van der Waals surface area (Å²) in [5, 5.41) is 16.7. The molecule has 2 aliphatic heterocycles. The molecule has 2 aromatic carbocycles. The van der Waals surface area contributed by atoms with Gasteiger partial charge in [-0.3, -0.25) is 23.9 Å². The molecule has 2 fully saturated rings. The smallest absolute Gasteiger partial charge is 0.380 e. The Morgan fingerprint density at radius 3 is 2.33 bits per heavy atom. The second-order valence-corrected chi connectivity index (χ2v) is 8.40. The summed E-state index contributed by atoms with van der Waals surface area (Å²) >= 11 is 0. The van der Waals surface area contributed by atoms with E-state index >= 15 is 0 Å². The zero-order valence-electron chi connectivity index (χ0n) is 19.0. The maximum absolute atomic E-state index is 13.1. The number of aromatic nitrogens is 2. The van der Waals surface area contributed by atoms with Crippen molar-refractivity contribution in [2.75, 3.05) is 34.8 Å². The van der Waals surface area contributed by atoms with Crippen LogP contribution in [0.25, 0.3) is 11.4 Å². The lowest BCUT2D eigenvalue weighted by Crippen LogP contribution is -2.55. The average Bonchev–Trinajstić information content (AvgIpc) is 3.52. The third-order valence-corrected chi connectivity index (χ3v) is 6.09. The van der Waals surface area contributed by atoms with Crippen molar-refractivity contribution in [3.63, 3.8) is 0 Å². The summed E-state index contributed by atoms with van der Waals surface area (Å²) in [5.41, 5.74) is 2.26. The van der Waals surface area contributed by atoms with Crippen LogP contribution in [-0.2, 0) is 19.1 Å². The lowest BCUT2D eigenvalue weighted by Gasteiger charge is -2.34. The topological polar surface area (TPSA) is 158 Å². The van der Waals surface area contributed by atoms with Crippen molar-refractivity contribution in [3.8, 4) is 11.4 Å². The maximum atomic E-state index is 13.1. The van der Waals surface area contributed by atoms with E-state index in [0.29, 0.717) is 29.9 Å². The number of amides is 3. The number of benzene rings is 2. The van der Waals surface area contributed by atoms with Crippen molar-refractivity contribution >= 4 is 34.8 Å². The number of carbonyl (C=O) groups is 3. The van der Waals surface area contributed by atoms with E-state index in [0.717, 1.165) is 12.1 Å². The zero-order valence-corrected chi connectivity index (χ0v) is 19.0. The van der Waals surface area contributed by atoms with Crippen LogP contribution in [-0.4, -0.2) is 64.9 Å². The molecule has 186 valence electrons. The fourth-order valence-corrected chi connectivity index (χ4v) is 4.24. The Kier molecular flexibility index (Phi) is 6.36. The van der Waals surface area contributed by atoms with Gasteiger partial charge in [0, 0.05) is 42.1 Å². The van der Waals surface area contributed by atoms with Crippen molar-refractivity contribution in [1.82, 2.24) is 10.1 Å². The van der Waals surface area contributed by atoms with E-state index in [9.17, 15) is 24.3 Å². The van der Waals surface area contributed by atoms with E-state index in [1.54, 1.807) is 53.4 Å². The molecule has 2 aliphatic rings. The van der Waals surface area contributed by atoms with Gasteiger partial charge in [0.2, 0.25) is 5.91 Å². The number of nitrogens with zero attached hydrogens (tertiary/aromatic N) is 3. The minimum absolute atomic E-state index is 0.0714. The summed E-state index contributed by atoms with van der Waals surface area (Å²) in [5.74, 6) is -1.73. The number of aliphatic hydroxyl groups excluding tert-OH is 1. The van der Waals surface area contributed by atoms with Gasteiger partial charge in [-0.05, 0) is 55.0 Å². The average molecular weight is 493 g/mol. The largest absolute Gasteiger partial charge is 0.439 e. The quantitative estimate of drug-likeness (QED) is 0.457. The first-order valence-corrected chi connectivity index (χ1v) is 11.4. The lowest BCUT2D eigenvalue weighted by atomic mass is 10.1. The molecular weight excluding hydrogens is 470 g/mol. The van der Waals surface area contributed by atoms with Crippen LogP contribution < -0.4 is 20.9 Å². The fraction of sp³-hybridized carbons (Fsp3) is 0.292. The van der Waals surface area contributed by atoms with Crippen LogP contribution in [0.3, 0.4) is 0 Å². The molecular formula is C24H23N5O7. The molecule has 12 heteroatoms. The van der Waals surface area contributed by atoms with Crippen molar-refractivity contribution in [2.45, 2.75) is 25.0 Å². The number of carbonyl (C=O) groups excluding carboxylic acids is 3. The standard InChI is InChI=1S/C24H23N5O7/c30-18-2-1-11-28(18)16-7-9-17(10-8-16)29-12-13-35-20(23(29)33)19(31)22(32)25-15-5-3-14(4-6-15)21-26-24(34)36-27-21/h3-10,19-20,31H,1-2,11-13H2,(H,25,32)(H,26,27,34)/t19-,20-/m1/s1. The van der Waals surface area contributed by atoms with Gasteiger partial charge >= 0.3 is 5.76 Å². The SMILES string of the molecule is O=C(Nc1ccc(-c2noc(=O)[nH]2)cc1)[C@H](O)[C@H]1OCCN(c2ccc(N3CCCC3=O)cc2)C1=O. The predicted octanol–water partition coefficient (Wildman–Crippen LogP) is 0.888. The molecule has 0 radical (unpaired) electrons. The molecule has 2 atom stereocenters. The number of nitrogens with one attached hydrogen (secondary N) is 2. The highest BCUT2D eigenvalue weighted by atomic mass is 16.5. The maximum Gasteiger partial charge on any atom is 0.439 e. The Labute approximate surface area is 204 Å². The summed E-state index contributed by atoms with van der Waals surface area (Å²) in [7, 11) is 0. The number of aromatic amines is 1. The summed E-state index contributed by atoms with van der Waals surface area (Å²) in [4.78, 5) is 54.4. The van der Waals surface area contributed by atoms with E-state index in [-0.39, 0.29) is 24.9 Å². The van der Waals surface area contributed by atoms with Crippen molar-refractivity contribution in [1.29, 1.82) is 0 Å². The molecule has 2 saturated heterocycles. The van der Waals surface area contributed by atoms with Crippen LogP contribution >= 0.6 is 0 Å².